The summed E-state index contributed by atoms with van der Waals surface area (Å²) in [6.07, 6.45) is 9.85. The average molecular weight is 334 g/mol. The van der Waals surface area contributed by atoms with E-state index in [1.807, 2.05) is 13.0 Å². The van der Waals surface area contributed by atoms with Crippen LogP contribution < -0.4 is 4.72 Å². The van der Waals surface area contributed by atoms with E-state index in [-0.39, 0.29) is 10.8 Å². The predicted octanol–water partition coefficient (Wildman–Crippen LogP) is 2.84. The van der Waals surface area contributed by atoms with E-state index in [0.717, 1.165) is 37.7 Å². The van der Waals surface area contributed by atoms with E-state index in [2.05, 4.69) is 14.8 Å². The minimum Gasteiger partial charge on any atom is -0.278 e. The highest BCUT2D eigenvalue weighted by Crippen LogP contribution is 2.36. The molecule has 0 radical (unpaired) electrons. The summed E-state index contributed by atoms with van der Waals surface area (Å²) in [5.74, 6) is 0.238. The zero-order chi connectivity index (χ0) is 16.4. The van der Waals surface area contributed by atoms with Gasteiger partial charge >= 0.3 is 0 Å². The van der Waals surface area contributed by atoms with Crippen LogP contribution >= 0.6 is 0 Å². The fourth-order valence-corrected chi connectivity index (χ4v) is 4.55. The van der Waals surface area contributed by atoms with Crippen molar-refractivity contribution >= 4 is 15.7 Å². The molecule has 2 heterocycles. The molecule has 7 heteroatoms. The molecule has 124 valence electrons. The van der Waals surface area contributed by atoms with Crippen molar-refractivity contribution < 1.29 is 8.42 Å². The molecule has 23 heavy (non-hydrogen) atoms. The molecule has 2 aromatic heterocycles. The maximum atomic E-state index is 12.9. The van der Waals surface area contributed by atoms with Gasteiger partial charge in [0.25, 0.3) is 10.0 Å². The van der Waals surface area contributed by atoms with Gasteiger partial charge in [-0.3, -0.25) is 14.4 Å². The highest BCUT2D eigenvalue weighted by molar-refractivity contribution is 7.92. The zero-order valence-electron chi connectivity index (χ0n) is 13.5. The number of sulfonamides is 1. The average Bonchev–Trinajstić information content (AvgIpc) is 3.16. The fourth-order valence-electron chi connectivity index (χ4n) is 3.20. The van der Waals surface area contributed by atoms with E-state index in [4.69, 9.17) is 0 Å². The first-order chi connectivity index (χ1) is 11.0. The molecule has 0 spiro atoms. The molecule has 1 saturated carbocycles. The number of pyridine rings is 1. The van der Waals surface area contributed by atoms with Crippen LogP contribution in [0, 0.1) is 0 Å². The summed E-state index contributed by atoms with van der Waals surface area (Å²) in [6, 6.07) is 1.83. The second-order valence-corrected chi connectivity index (χ2v) is 7.68. The van der Waals surface area contributed by atoms with Crippen LogP contribution in [0.1, 0.15) is 49.8 Å². The third-order valence-corrected chi connectivity index (χ3v) is 5.77. The van der Waals surface area contributed by atoms with Crippen LogP contribution in [-0.2, 0) is 23.5 Å². The third kappa shape index (κ3) is 3.24. The molecule has 0 aliphatic heterocycles. The largest absolute Gasteiger partial charge is 0.278 e. The van der Waals surface area contributed by atoms with Gasteiger partial charge in [0, 0.05) is 25.4 Å². The summed E-state index contributed by atoms with van der Waals surface area (Å²) < 4.78 is 30.0. The van der Waals surface area contributed by atoms with Crippen molar-refractivity contribution in [3.05, 3.63) is 35.9 Å². The molecular formula is C16H22N4O2S. The number of anilines is 1. The molecule has 3 rings (SSSR count). The quantitative estimate of drug-likeness (QED) is 0.912. The third-order valence-electron chi connectivity index (χ3n) is 4.39. The molecule has 0 unspecified atom stereocenters. The molecule has 0 amide bonds. The Hall–Kier alpha value is -1.89. The van der Waals surface area contributed by atoms with Gasteiger partial charge in [-0.25, -0.2) is 8.42 Å². The van der Waals surface area contributed by atoms with Crippen LogP contribution in [0.3, 0.4) is 0 Å². The van der Waals surface area contributed by atoms with Crippen molar-refractivity contribution in [3.63, 3.8) is 0 Å². The highest BCUT2D eigenvalue weighted by Gasteiger charge is 2.29. The Morgan fingerprint density at radius 1 is 1.35 bits per heavy atom. The maximum Gasteiger partial charge on any atom is 0.265 e. The van der Waals surface area contributed by atoms with E-state index < -0.39 is 10.0 Å². The number of hydrogen-bond acceptors (Lipinski definition) is 4. The van der Waals surface area contributed by atoms with Crippen LogP contribution in [0.15, 0.2) is 29.6 Å². The number of aromatic nitrogens is 3. The van der Waals surface area contributed by atoms with E-state index in [1.54, 1.807) is 30.3 Å². The van der Waals surface area contributed by atoms with Gasteiger partial charge in [0.1, 0.15) is 4.90 Å². The van der Waals surface area contributed by atoms with Crippen LogP contribution in [0.25, 0.3) is 0 Å². The van der Waals surface area contributed by atoms with Crippen molar-refractivity contribution in [2.24, 2.45) is 7.05 Å². The number of nitrogens with one attached hydrogen (secondary N) is 1. The lowest BCUT2D eigenvalue weighted by Gasteiger charge is -2.13. The fraction of sp³-hybridized carbons (Fsp3) is 0.500. The van der Waals surface area contributed by atoms with Crippen molar-refractivity contribution in [1.82, 2.24) is 14.8 Å². The molecule has 1 aliphatic carbocycles. The SMILES string of the molecule is CCc1ccncc1NS(=O)(=O)c1cn(C)nc1C1CCCC1. The van der Waals surface area contributed by atoms with Crippen LogP contribution in [0.2, 0.25) is 0 Å². The Bertz CT molecular complexity index is 792. The number of hydrogen-bond donors (Lipinski definition) is 1. The normalized spacial score (nSPS) is 15.9. The Labute approximate surface area is 137 Å². The monoisotopic (exact) mass is 334 g/mol. The molecule has 2 aromatic rings. The van der Waals surface area contributed by atoms with Gasteiger partial charge in [0.15, 0.2) is 0 Å². The molecule has 6 nitrogen and oxygen atoms in total. The lowest BCUT2D eigenvalue weighted by Crippen LogP contribution is -2.16. The van der Waals surface area contributed by atoms with Crippen molar-refractivity contribution in [1.29, 1.82) is 0 Å². The summed E-state index contributed by atoms with van der Waals surface area (Å²) in [6.45, 7) is 1.99. The Morgan fingerprint density at radius 2 is 2.09 bits per heavy atom. The molecule has 0 bridgehead atoms. The summed E-state index contributed by atoms with van der Waals surface area (Å²) in [5, 5.41) is 4.43. The summed E-state index contributed by atoms with van der Waals surface area (Å²) in [7, 11) is -1.90. The summed E-state index contributed by atoms with van der Waals surface area (Å²) >= 11 is 0. The maximum absolute atomic E-state index is 12.9. The topological polar surface area (TPSA) is 76.9 Å². The van der Waals surface area contributed by atoms with E-state index in [9.17, 15) is 8.42 Å². The zero-order valence-corrected chi connectivity index (χ0v) is 14.3. The van der Waals surface area contributed by atoms with Crippen LogP contribution in [0.5, 0.6) is 0 Å². The molecule has 1 N–H and O–H groups in total. The minimum atomic E-state index is -3.67. The van der Waals surface area contributed by atoms with E-state index in [1.165, 1.54) is 0 Å². The smallest absolute Gasteiger partial charge is 0.265 e. The molecule has 0 atom stereocenters. The summed E-state index contributed by atoms with van der Waals surface area (Å²) in [5.41, 5.74) is 2.16. The van der Waals surface area contributed by atoms with Gasteiger partial charge in [-0.05, 0) is 30.9 Å². The van der Waals surface area contributed by atoms with E-state index in [0.29, 0.717) is 11.4 Å². The first kappa shape index (κ1) is 16.0. The molecule has 1 aliphatic rings. The predicted molar refractivity (Wildman–Crippen MR) is 88.8 cm³/mol. The second kappa shape index (κ2) is 6.31. The van der Waals surface area contributed by atoms with Crippen molar-refractivity contribution in [3.8, 4) is 0 Å². The molecular weight excluding hydrogens is 312 g/mol. The molecule has 0 saturated heterocycles. The van der Waals surface area contributed by atoms with Gasteiger partial charge in [0.2, 0.25) is 0 Å². The summed E-state index contributed by atoms with van der Waals surface area (Å²) in [4.78, 5) is 4.32. The second-order valence-electron chi connectivity index (χ2n) is 6.03. The lowest BCUT2D eigenvalue weighted by molar-refractivity contribution is 0.595. The van der Waals surface area contributed by atoms with Gasteiger partial charge in [0.05, 0.1) is 17.6 Å². The van der Waals surface area contributed by atoms with Crippen LogP contribution in [-0.4, -0.2) is 23.2 Å². The Balaban J connectivity index is 1.97. The molecule has 0 aromatic carbocycles. The van der Waals surface area contributed by atoms with E-state index >= 15 is 0 Å². The van der Waals surface area contributed by atoms with Gasteiger partial charge in [-0.15, -0.1) is 0 Å². The van der Waals surface area contributed by atoms with Gasteiger partial charge in [-0.2, -0.15) is 5.10 Å². The first-order valence-electron chi connectivity index (χ1n) is 8.00. The molecule has 1 fully saturated rings. The highest BCUT2D eigenvalue weighted by atomic mass is 32.2. The number of rotatable bonds is 5. The standard InChI is InChI=1S/C16H22N4O2S/c1-3-12-8-9-17-10-14(12)19-23(21,22)15-11-20(2)18-16(15)13-6-4-5-7-13/h8-11,13,19H,3-7H2,1-2H3. The minimum absolute atomic E-state index is 0.238. The van der Waals surface area contributed by atoms with Gasteiger partial charge < -0.3 is 0 Å². The van der Waals surface area contributed by atoms with Crippen molar-refractivity contribution in [2.75, 3.05) is 4.72 Å². The van der Waals surface area contributed by atoms with Crippen LogP contribution in [0.4, 0.5) is 5.69 Å². The first-order valence-corrected chi connectivity index (χ1v) is 9.49. The number of nitrogens with zero attached hydrogens (tertiary/aromatic N) is 3. The van der Waals surface area contributed by atoms with Crippen molar-refractivity contribution in [2.45, 2.75) is 49.8 Å². The number of aryl methyl sites for hydroxylation is 2. The Kier molecular flexibility index (Phi) is 4.39. The lowest BCUT2D eigenvalue weighted by atomic mass is 10.1. The van der Waals surface area contributed by atoms with Gasteiger partial charge in [-0.1, -0.05) is 19.8 Å². The Morgan fingerprint density at radius 3 is 2.78 bits per heavy atom.